The molecule has 0 spiro atoms. The Labute approximate surface area is 120 Å². The van der Waals surface area contributed by atoms with Gasteiger partial charge < -0.3 is 5.73 Å². The summed E-state index contributed by atoms with van der Waals surface area (Å²) in [6, 6.07) is 15.4. The van der Waals surface area contributed by atoms with Gasteiger partial charge in [0.2, 0.25) is 5.91 Å². The van der Waals surface area contributed by atoms with Crippen molar-refractivity contribution in [3.8, 4) is 22.5 Å². The molecule has 3 rings (SSSR count). The molecule has 1 amide bonds. The van der Waals surface area contributed by atoms with Gasteiger partial charge in [0.05, 0.1) is 17.0 Å². The molecule has 2 aromatic carbocycles. The van der Waals surface area contributed by atoms with Gasteiger partial charge in [-0.15, -0.1) is 0 Å². The lowest BCUT2D eigenvalue weighted by atomic mass is 10.0. The molecule has 0 atom stereocenters. The highest BCUT2D eigenvalue weighted by Gasteiger charge is 2.17. The number of aromatic amines is 1. The number of amides is 1. The average Bonchev–Trinajstić information content (AvgIpc) is 2.97. The number of aromatic nitrogens is 2. The lowest BCUT2D eigenvalue weighted by molar-refractivity contribution is 0.100. The normalized spacial score (nSPS) is 10.5. The molecule has 3 aromatic rings. The first-order valence-electron chi connectivity index (χ1n) is 6.36. The second-order valence-corrected chi connectivity index (χ2v) is 4.56. The van der Waals surface area contributed by atoms with Gasteiger partial charge in [-0.1, -0.05) is 36.4 Å². The molecule has 21 heavy (non-hydrogen) atoms. The van der Waals surface area contributed by atoms with Crippen molar-refractivity contribution in [3.05, 3.63) is 66.0 Å². The van der Waals surface area contributed by atoms with Crippen molar-refractivity contribution in [3.63, 3.8) is 0 Å². The van der Waals surface area contributed by atoms with Crippen molar-refractivity contribution in [1.29, 1.82) is 0 Å². The standard InChI is InChI=1S/C16H12FN3O/c17-12-8-4-7-11(16(18)21)15(12)14-9-13(19-20-14)10-5-2-1-3-6-10/h1-9H,(H2,18,21)(H,19,20). The Morgan fingerprint density at radius 2 is 1.86 bits per heavy atom. The molecule has 4 nitrogen and oxygen atoms in total. The molecule has 0 radical (unpaired) electrons. The molecule has 0 saturated heterocycles. The van der Waals surface area contributed by atoms with E-state index in [9.17, 15) is 9.18 Å². The van der Waals surface area contributed by atoms with Crippen molar-refractivity contribution < 1.29 is 9.18 Å². The number of nitrogens with zero attached hydrogens (tertiary/aromatic N) is 1. The number of nitrogens with two attached hydrogens (primary N) is 1. The van der Waals surface area contributed by atoms with Crippen molar-refractivity contribution in [2.75, 3.05) is 0 Å². The van der Waals surface area contributed by atoms with Gasteiger partial charge in [-0.25, -0.2) is 4.39 Å². The molecule has 1 heterocycles. The van der Waals surface area contributed by atoms with Crippen LogP contribution in [0.5, 0.6) is 0 Å². The van der Waals surface area contributed by atoms with E-state index < -0.39 is 11.7 Å². The molecular weight excluding hydrogens is 269 g/mol. The molecule has 0 aliphatic carbocycles. The molecule has 0 saturated carbocycles. The Hall–Kier alpha value is -2.95. The molecule has 0 unspecified atom stereocenters. The number of H-pyrrole nitrogens is 1. The predicted octanol–water partition coefficient (Wildman–Crippen LogP) is 2.98. The van der Waals surface area contributed by atoms with Gasteiger partial charge in [0.15, 0.2) is 0 Å². The fraction of sp³-hybridized carbons (Fsp3) is 0. The molecule has 3 N–H and O–H groups in total. The van der Waals surface area contributed by atoms with Crippen LogP contribution in [0.3, 0.4) is 0 Å². The Morgan fingerprint density at radius 3 is 2.57 bits per heavy atom. The second-order valence-electron chi connectivity index (χ2n) is 4.56. The molecule has 0 aliphatic heterocycles. The van der Waals surface area contributed by atoms with Crippen LogP contribution >= 0.6 is 0 Å². The number of carbonyl (C=O) groups excluding carboxylic acids is 1. The Morgan fingerprint density at radius 1 is 1.10 bits per heavy atom. The van der Waals surface area contributed by atoms with Crippen molar-refractivity contribution in [1.82, 2.24) is 10.2 Å². The van der Waals surface area contributed by atoms with E-state index in [-0.39, 0.29) is 11.1 Å². The molecule has 0 bridgehead atoms. The van der Waals surface area contributed by atoms with E-state index in [1.165, 1.54) is 18.2 Å². The van der Waals surface area contributed by atoms with Gasteiger partial charge in [-0.3, -0.25) is 9.89 Å². The number of primary amides is 1. The summed E-state index contributed by atoms with van der Waals surface area (Å²) >= 11 is 0. The van der Waals surface area contributed by atoms with Crippen molar-refractivity contribution in [2.45, 2.75) is 0 Å². The summed E-state index contributed by atoms with van der Waals surface area (Å²) in [6.07, 6.45) is 0. The minimum Gasteiger partial charge on any atom is -0.366 e. The quantitative estimate of drug-likeness (QED) is 0.774. The summed E-state index contributed by atoms with van der Waals surface area (Å²) in [5.74, 6) is -1.20. The van der Waals surface area contributed by atoms with Crippen LogP contribution in [-0.2, 0) is 0 Å². The first-order chi connectivity index (χ1) is 10.2. The maximum absolute atomic E-state index is 14.1. The number of hydrogen-bond donors (Lipinski definition) is 2. The highest BCUT2D eigenvalue weighted by atomic mass is 19.1. The van der Waals surface area contributed by atoms with Crippen LogP contribution in [0, 0.1) is 5.82 Å². The zero-order chi connectivity index (χ0) is 14.8. The Balaban J connectivity index is 2.11. The second kappa shape index (κ2) is 5.20. The first-order valence-corrected chi connectivity index (χ1v) is 6.36. The maximum atomic E-state index is 14.1. The number of benzene rings is 2. The predicted molar refractivity (Wildman–Crippen MR) is 77.9 cm³/mol. The number of hydrogen-bond acceptors (Lipinski definition) is 2. The van der Waals surface area contributed by atoms with E-state index in [0.29, 0.717) is 11.4 Å². The van der Waals surface area contributed by atoms with Crippen LogP contribution in [-0.4, -0.2) is 16.1 Å². The molecule has 5 heteroatoms. The highest BCUT2D eigenvalue weighted by molar-refractivity contribution is 5.99. The van der Waals surface area contributed by atoms with E-state index in [1.807, 2.05) is 30.3 Å². The Kier molecular flexibility index (Phi) is 3.23. The summed E-state index contributed by atoms with van der Waals surface area (Å²) in [5.41, 5.74) is 7.55. The fourth-order valence-corrected chi connectivity index (χ4v) is 2.21. The van der Waals surface area contributed by atoms with E-state index >= 15 is 0 Å². The van der Waals surface area contributed by atoms with Gasteiger partial charge in [0.25, 0.3) is 0 Å². The van der Waals surface area contributed by atoms with Crippen LogP contribution in [0.25, 0.3) is 22.5 Å². The Bertz CT molecular complexity index is 796. The molecule has 0 aliphatic rings. The topological polar surface area (TPSA) is 71.8 Å². The minimum absolute atomic E-state index is 0.123. The summed E-state index contributed by atoms with van der Waals surface area (Å²) < 4.78 is 14.1. The molecule has 104 valence electrons. The fourth-order valence-electron chi connectivity index (χ4n) is 2.21. The van der Waals surface area contributed by atoms with Gasteiger partial charge in [0.1, 0.15) is 5.82 Å². The summed E-state index contributed by atoms with van der Waals surface area (Å²) in [6.45, 7) is 0. The van der Waals surface area contributed by atoms with E-state index in [4.69, 9.17) is 5.73 Å². The van der Waals surface area contributed by atoms with Gasteiger partial charge in [0, 0.05) is 11.1 Å². The van der Waals surface area contributed by atoms with E-state index in [0.717, 1.165) is 5.56 Å². The monoisotopic (exact) mass is 281 g/mol. The van der Waals surface area contributed by atoms with E-state index in [2.05, 4.69) is 10.2 Å². The van der Waals surface area contributed by atoms with Gasteiger partial charge >= 0.3 is 0 Å². The molecular formula is C16H12FN3O. The van der Waals surface area contributed by atoms with Crippen LogP contribution in [0.2, 0.25) is 0 Å². The molecule has 0 fully saturated rings. The highest BCUT2D eigenvalue weighted by Crippen LogP contribution is 2.28. The summed E-state index contributed by atoms with van der Waals surface area (Å²) in [4.78, 5) is 11.4. The first kappa shape index (κ1) is 13.1. The third-order valence-electron chi connectivity index (χ3n) is 3.20. The number of rotatable bonds is 3. The van der Waals surface area contributed by atoms with Crippen molar-refractivity contribution in [2.24, 2.45) is 5.73 Å². The lowest BCUT2D eigenvalue weighted by Gasteiger charge is -2.05. The van der Waals surface area contributed by atoms with Gasteiger partial charge in [-0.2, -0.15) is 5.10 Å². The lowest BCUT2D eigenvalue weighted by Crippen LogP contribution is -2.13. The number of halogens is 1. The zero-order valence-electron chi connectivity index (χ0n) is 11.0. The number of carbonyl (C=O) groups is 1. The summed E-state index contributed by atoms with van der Waals surface area (Å²) in [7, 11) is 0. The third-order valence-corrected chi connectivity index (χ3v) is 3.20. The largest absolute Gasteiger partial charge is 0.366 e. The SMILES string of the molecule is NC(=O)c1cccc(F)c1-c1cc(-c2ccccc2)n[nH]1. The zero-order valence-corrected chi connectivity index (χ0v) is 11.0. The minimum atomic E-state index is -0.680. The summed E-state index contributed by atoms with van der Waals surface area (Å²) in [5, 5.41) is 6.92. The van der Waals surface area contributed by atoms with Gasteiger partial charge in [-0.05, 0) is 18.2 Å². The smallest absolute Gasteiger partial charge is 0.249 e. The maximum Gasteiger partial charge on any atom is 0.249 e. The molecule has 1 aromatic heterocycles. The van der Waals surface area contributed by atoms with Crippen LogP contribution < -0.4 is 5.73 Å². The third kappa shape index (κ3) is 2.41. The van der Waals surface area contributed by atoms with E-state index in [1.54, 1.807) is 6.07 Å². The number of nitrogens with one attached hydrogen (secondary N) is 1. The van der Waals surface area contributed by atoms with Crippen molar-refractivity contribution >= 4 is 5.91 Å². The van der Waals surface area contributed by atoms with Crippen LogP contribution in [0.15, 0.2) is 54.6 Å². The average molecular weight is 281 g/mol. The van der Waals surface area contributed by atoms with Crippen LogP contribution in [0.4, 0.5) is 4.39 Å². The van der Waals surface area contributed by atoms with Crippen LogP contribution in [0.1, 0.15) is 10.4 Å².